The average Bonchev–Trinajstić information content (AvgIpc) is 2.58. The molecule has 1 heterocycles. The fraction of sp³-hybridized carbons (Fsp3) is 0.900. The maximum Gasteiger partial charge on any atom is 0.177 e. The molecule has 0 bridgehead atoms. The summed E-state index contributed by atoms with van der Waals surface area (Å²) in [4.78, 5) is 1.40. The summed E-state index contributed by atoms with van der Waals surface area (Å²) in [6, 6.07) is 0. The van der Waals surface area contributed by atoms with Gasteiger partial charge in [-0.05, 0) is 38.1 Å². The second-order valence-electron chi connectivity index (χ2n) is 4.37. The summed E-state index contributed by atoms with van der Waals surface area (Å²) >= 11 is 0. The van der Waals surface area contributed by atoms with Gasteiger partial charge in [-0.1, -0.05) is 6.92 Å². The van der Waals surface area contributed by atoms with Crippen LogP contribution in [0.5, 0.6) is 0 Å². The lowest BCUT2D eigenvalue weighted by Gasteiger charge is -2.21. The fourth-order valence-electron chi connectivity index (χ4n) is 1.48. The van der Waals surface area contributed by atoms with Crippen LogP contribution in [0.1, 0.15) is 32.5 Å². The monoisotopic (exact) mass is 227 g/mol. The van der Waals surface area contributed by atoms with E-state index in [1.54, 1.807) is 14.0 Å². The van der Waals surface area contributed by atoms with Crippen molar-refractivity contribution in [2.75, 3.05) is 13.1 Å². The molecular formula is C10H21N5O. The van der Waals surface area contributed by atoms with E-state index in [1.165, 1.54) is 4.80 Å². The number of hydrogen-bond donors (Lipinski definition) is 2. The molecule has 0 fully saturated rings. The lowest BCUT2D eigenvalue weighted by atomic mass is 9.98. The number of tetrazole rings is 1. The molecule has 0 aromatic carbocycles. The van der Waals surface area contributed by atoms with Crippen molar-refractivity contribution in [3.8, 4) is 0 Å². The maximum absolute atomic E-state index is 10.1. The number of hydrogen-bond acceptors (Lipinski definition) is 5. The summed E-state index contributed by atoms with van der Waals surface area (Å²) < 4.78 is 0. The molecule has 2 N–H and O–H groups in total. The van der Waals surface area contributed by atoms with Crippen LogP contribution < -0.4 is 5.32 Å². The first kappa shape index (κ1) is 13.1. The third-order valence-corrected chi connectivity index (χ3v) is 2.36. The van der Waals surface area contributed by atoms with Crippen LogP contribution in [0.3, 0.4) is 0 Å². The third-order valence-electron chi connectivity index (χ3n) is 2.36. The van der Waals surface area contributed by atoms with Crippen molar-refractivity contribution >= 4 is 0 Å². The van der Waals surface area contributed by atoms with Crippen LogP contribution in [0, 0.1) is 0 Å². The summed E-state index contributed by atoms with van der Waals surface area (Å²) in [5.41, 5.74) is -0.774. The van der Waals surface area contributed by atoms with Gasteiger partial charge in [-0.3, -0.25) is 0 Å². The molecule has 1 aromatic heterocycles. The summed E-state index contributed by atoms with van der Waals surface area (Å²) in [5, 5.41) is 25.0. The third kappa shape index (κ3) is 4.67. The molecule has 0 aliphatic rings. The van der Waals surface area contributed by atoms with Gasteiger partial charge in [0.15, 0.2) is 5.82 Å². The highest BCUT2D eigenvalue weighted by molar-refractivity contribution is 4.88. The van der Waals surface area contributed by atoms with Crippen LogP contribution in [0.25, 0.3) is 0 Å². The maximum atomic E-state index is 10.1. The Morgan fingerprint density at radius 1 is 1.44 bits per heavy atom. The van der Waals surface area contributed by atoms with E-state index in [-0.39, 0.29) is 0 Å². The van der Waals surface area contributed by atoms with Crippen LogP contribution in [-0.2, 0) is 13.5 Å². The summed E-state index contributed by atoms with van der Waals surface area (Å²) in [6.07, 6.45) is 2.23. The van der Waals surface area contributed by atoms with Crippen molar-refractivity contribution in [1.82, 2.24) is 25.5 Å². The molecule has 1 atom stereocenters. The van der Waals surface area contributed by atoms with Gasteiger partial charge in [0.25, 0.3) is 0 Å². The first-order valence-corrected chi connectivity index (χ1v) is 5.69. The molecule has 0 radical (unpaired) electrons. The van der Waals surface area contributed by atoms with Crippen LogP contribution in [0.2, 0.25) is 0 Å². The smallest absolute Gasteiger partial charge is 0.177 e. The molecule has 0 spiro atoms. The molecule has 0 saturated heterocycles. The molecule has 92 valence electrons. The first-order chi connectivity index (χ1) is 7.53. The van der Waals surface area contributed by atoms with E-state index in [4.69, 9.17) is 0 Å². The van der Waals surface area contributed by atoms with Gasteiger partial charge >= 0.3 is 0 Å². The quantitative estimate of drug-likeness (QED) is 0.636. The number of nitrogens with zero attached hydrogens (tertiary/aromatic N) is 4. The van der Waals surface area contributed by atoms with Crippen molar-refractivity contribution in [2.24, 2.45) is 7.05 Å². The van der Waals surface area contributed by atoms with Crippen molar-refractivity contribution in [3.05, 3.63) is 5.82 Å². The van der Waals surface area contributed by atoms with Gasteiger partial charge in [0.2, 0.25) is 0 Å². The van der Waals surface area contributed by atoms with Gasteiger partial charge in [0, 0.05) is 6.42 Å². The minimum Gasteiger partial charge on any atom is -0.390 e. The van der Waals surface area contributed by atoms with Crippen molar-refractivity contribution in [1.29, 1.82) is 0 Å². The van der Waals surface area contributed by atoms with Crippen LogP contribution in [-0.4, -0.2) is 44.0 Å². The Bertz CT molecular complexity index is 310. The molecule has 1 aromatic rings. The fourth-order valence-corrected chi connectivity index (χ4v) is 1.48. The Morgan fingerprint density at radius 2 is 2.19 bits per heavy atom. The molecule has 0 amide bonds. The molecule has 1 rings (SSSR count). The van der Waals surface area contributed by atoms with E-state index in [9.17, 15) is 5.11 Å². The zero-order chi connectivity index (χ0) is 12.0. The highest BCUT2D eigenvalue weighted by Crippen LogP contribution is 2.13. The largest absolute Gasteiger partial charge is 0.390 e. The lowest BCUT2D eigenvalue weighted by Crippen LogP contribution is -2.32. The van der Waals surface area contributed by atoms with E-state index in [2.05, 4.69) is 27.7 Å². The molecule has 0 aliphatic heterocycles. The van der Waals surface area contributed by atoms with Crippen molar-refractivity contribution < 1.29 is 5.11 Å². The number of aliphatic hydroxyl groups is 1. The topological polar surface area (TPSA) is 75.9 Å². The van der Waals surface area contributed by atoms with Gasteiger partial charge in [-0.25, -0.2) is 0 Å². The number of aryl methyl sites for hydroxylation is 1. The summed E-state index contributed by atoms with van der Waals surface area (Å²) in [7, 11) is 1.72. The Morgan fingerprint density at radius 3 is 2.75 bits per heavy atom. The standard InChI is InChI=1S/C10H21N5O/c1-4-6-11-7-5-10(2,16)8-9-12-14-15(3)13-9/h11,16H,4-8H2,1-3H3. The van der Waals surface area contributed by atoms with Gasteiger partial charge in [0.1, 0.15) is 0 Å². The van der Waals surface area contributed by atoms with E-state index >= 15 is 0 Å². The van der Waals surface area contributed by atoms with E-state index in [0.29, 0.717) is 18.7 Å². The zero-order valence-corrected chi connectivity index (χ0v) is 10.3. The molecule has 0 saturated carbocycles. The molecule has 0 aliphatic carbocycles. The van der Waals surface area contributed by atoms with Gasteiger partial charge in [0.05, 0.1) is 12.6 Å². The Balaban J connectivity index is 2.33. The minimum absolute atomic E-state index is 0.439. The Hall–Kier alpha value is -1.01. The van der Waals surface area contributed by atoms with Crippen molar-refractivity contribution in [2.45, 2.75) is 38.7 Å². The average molecular weight is 227 g/mol. The normalized spacial score (nSPS) is 15.0. The SMILES string of the molecule is CCCNCCC(C)(O)Cc1nnn(C)n1. The number of rotatable bonds is 7. The molecule has 1 unspecified atom stereocenters. The number of nitrogens with one attached hydrogen (secondary N) is 1. The van der Waals surface area contributed by atoms with Gasteiger partial charge in [-0.2, -0.15) is 4.80 Å². The highest BCUT2D eigenvalue weighted by atomic mass is 16.3. The summed E-state index contributed by atoms with van der Waals surface area (Å²) in [6.45, 7) is 5.71. The minimum atomic E-state index is -0.774. The number of aromatic nitrogens is 4. The van der Waals surface area contributed by atoms with Crippen LogP contribution in [0.4, 0.5) is 0 Å². The van der Waals surface area contributed by atoms with E-state index in [0.717, 1.165) is 19.5 Å². The van der Waals surface area contributed by atoms with Gasteiger partial charge in [-0.15, -0.1) is 10.2 Å². The first-order valence-electron chi connectivity index (χ1n) is 5.69. The molecule has 6 heteroatoms. The van der Waals surface area contributed by atoms with Crippen LogP contribution in [0.15, 0.2) is 0 Å². The van der Waals surface area contributed by atoms with E-state index in [1.807, 2.05) is 0 Å². The second kappa shape index (κ2) is 5.91. The highest BCUT2D eigenvalue weighted by Gasteiger charge is 2.22. The Labute approximate surface area is 96.0 Å². The second-order valence-corrected chi connectivity index (χ2v) is 4.37. The van der Waals surface area contributed by atoms with Crippen LogP contribution >= 0.6 is 0 Å². The predicted octanol–water partition coefficient (Wildman–Crippen LogP) is -0.107. The Kier molecular flexibility index (Phi) is 4.82. The lowest BCUT2D eigenvalue weighted by molar-refractivity contribution is 0.0495. The summed E-state index contributed by atoms with van der Waals surface area (Å²) in [5.74, 6) is 0.586. The van der Waals surface area contributed by atoms with Crippen molar-refractivity contribution in [3.63, 3.8) is 0 Å². The predicted molar refractivity (Wildman–Crippen MR) is 60.9 cm³/mol. The van der Waals surface area contributed by atoms with E-state index < -0.39 is 5.60 Å². The zero-order valence-electron chi connectivity index (χ0n) is 10.3. The van der Waals surface area contributed by atoms with Gasteiger partial charge < -0.3 is 10.4 Å². The molecule has 6 nitrogen and oxygen atoms in total. The molecule has 16 heavy (non-hydrogen) atoms. The molecular weight excluding hydrogens is 206 g/mol.